The molecule has 2 aromatic carbocycles. The Hall–Kier alpha value is -1.80. The summed E-state index contributed by atoms with van der Waals surface area (Å²) in [5.74, 6) is -0.302. The van der Waals surface area contributed by atoms with Gasteiger partial charge in [-0.2, -0.15) is 0 Å². The molecule has 7 heteroatoms. The number of hydrogen-bond acceptors (Lipinski definition) is 4. The third kappa shape index (κ3) is 4.86. The van der Waals surface area contributed by atoms with Crippen LogP contribution >= 0.6 is 0 Å². The van der Waals surface area contributed by atoms with Crippen molar-refractivity contribution in [3.8, 4) is 0 Å². The second-order valence-electron chi connectivity index (χ2n) is 7.71. The number of benzene rings is 2. The van der Waals surface area contributed by atoms with Gasteiger partial charge in [0.1, 0.15) is 5.82 Å². The van der Waals surface area contributed by atoms with E-state index in [2.05, 4.69) is 9.62 Å². The summed E-state index contributed by atoms with van der Waals surface area (Å²) in [4.78, 5) is 2.50. The van der Waals surface area contributed by atoms with Crippen molar-refractivity contribution in [3.63, 3.8) is 0 Å². The molecule has 4 rings (SSSR count). The molecule has 5 nitrogen and oxygen atoms in total. The van der Waals surface area contributed by atoms with E-state index in [-0.39, 0.29) is 18.4 Å². The van der Waals surface area contributed by atoms with Crippen LogP contribution < -0.4 is 4.72 Å². The van der Waals surface area contributed by atoms with Crippen LogP contribution in [0, 0.1) is 5.82 Å². The normalized spacial score (nSPS) is 18.9. The lowest BCUT2D eigenvalue weighted by Crippen LogP contribution is -2.43. The number of hydrogen-bond donors (Lipinski definition) is 1. The fourth-order valence-electron chi connectivity index (χ4n) is 4.18. The highest BCUT2D eigenvalue weighted by molar-refractivity contribution is 7.89. The van der Waals surface area contributed by atoms with Gasteiger partial charge in [0, 0.05) is 25.7 Å². The molecule has 0 aromatic heterocycles. The Kier molecular flexibility index (Phi) is 6.29. The van der Waals surface area contributed by atoms with E-state index in [9.17, 15) is 12.8 Å². The van der Waals surface area contributed by atoms with Crippen molar-refractivity contribution in [1.29, 1.82) is 0 Å². The lowest BCUT2D eigenvalue weighted by Gasteiger charge is -2.35. The lowest BCUT2D eigenvalue weighted by molar-refractivity contribution is 0.0172. The summed E-state index contributed by atoms with van der Waals surface area (Å²) in [6.07, 6.45) is 4.22. The molecule has 1 fully saturated rings. The molecule has 1 aliphatic carbocycles. The van der Waals surface area contributed by atoms with E-state index in [0.717, 1.165) is 36.8 Å². The zero-order valence-corrected chi connectivity index (χ0v) is 17.3. The van der Waals surface area contributed by atoms with E-state index in [4.69, 9.17) is 4.74 Å². The number of halogens is 1. The Morgan fingerprint density at radius 1 is 1.00 bits per heavy atom. The quantitative estimate of drug-likeness (QED) is 0.783. The molecule has 2 aromatic rings. The van der Waals surface area contributed by atoms with Gasteiger partial charge in [-0.05, 0) is 66.6 Å². The summed E-state index contributed by atoms with van der Waals surface area (Å²) >= 11 is 0. The first-order chi connectivity index (χ1) is 14.0. The summed E-state index contributed by atoms with van der Waals surface area (Å²) < 4.78 is 47.6. The molecule has 0 unspecified atom stereocenters. The van der Waals surface area contributed by atoms with Gasteiger partial charge < -0.3 is 4.74 Å². The van der Waals surface area contributed by atoms with Crippen LogP contribution in [0.1, 0.15) is 35.6 Å². The van der Waals surface area contributed by atoms with Crippen molar-refractivity contribution < 1.29 is 17.5 Å². The van der Waals surface area contributed by atoms with Crippen LogP contribution in [0.15, 0.2) is 47.4 Å². The first-order valence-electron chi connectivity index (χ1n) is 10.2. The van der Waals surface area contributed by atoms with Gasteiger partial charge in [-0.15, -0.1) is 0 Å². The smallest absolute Gasteiger partial charge is 0.240 e. The van der Waals surface area contributed by atoms with Gasteiger partial charge in [0.05, 0.1) is 18.1 Å². The highest BCUT2D eigenvalue weighted by Crippen LogP contribution is 2.25. The van der Waals surface area contributed by atoms with E-state index in [1.165, 1.54) is 17.7 Å². The molecule has 1 N–H and O–H groups in total. The van der Waals surface area contributed by atoms with E-state index in [1.54, 1.807) is 18.2 Å². The number of morpholine rings is 1. The van der Waals surface area contributed by atoms with Crippen molar-refractivity contribution in [2.24, 2.45) is 0 Å². The molecule has 0 radical (unpaired) electrons. The van der Waals surface area contributed by atoms with Crippen molar-refractivity contribution in [1.82, 2.24) is 9.62 Å². The van der Waals surface area contributed by atoms with E-state index < -0.39 is 10.0 Å². The largest absolute Gasteiger partial charge is 0.379 e. The number of rotatable bonds is 6. The van der Waals surface area contributed by atoms with Gasteiger partial charge in [-0.1, -0.05) is 18.2 Å². The third-order valence-electron chi connectivity index (χ3n) is 5.84. The van der Waals surface area contributed by atoms with Crippen molar-refractivity contribution >= 4 is 10.0 Å². The predicted molar refractivity (Wildman–Crippen MR) is 110 cm³/mol. The minimum absolute atomic E-state index is 0.174. The van der Waals surface area contributed by atoms with Gasteiger partial charge in [-0.3, -0.25) is 4.90 Å². The number of fused-ring (bicyclic) bond motifs is 1. The Morgan fingerprint density at radius 3 is 2.41 bits per heavy atom. The standard InChI is InChI=1S/C22H27FN2O3S/c23-20-8-5-18(6-9-20)22(25-11-13-28-14-12-25)16-24-29(26,27)21-10-7-17-3-1-2-4-19(17)15-21/h5-10,15,22,24H,1-4,11-14,16H2/t22-/m1/s1. The third-order valence-corrected chi connectivity index (χ3v) is 7.26. The summed E-state index contributed by atoms with van der Waals surface area (Å²) in [5.41, 5.74) is 3.29. The van der Waals surface area contributed by atoms with Crippen LogP contribution in [0.5, 0.6) is 0 Å². The molecule has 1 aliphatic heterocycles. The minimum Gasteiger partial charge on any atom is -0.379 e. The maximum Gasteiger partial charge on any atom is 0.240 e. The molecular formula is C22H27FN2O3S. The summed E-state index contributed by atoms with van der Waals surface area (Å²) in [6.45, 7) is 2.86. The molecule has 0 bridgehead atoms. The summed E-state index contributed by atoms with van der Waals surface area (Å²) in [5, 5.41) is 0. The summed E-state index contributed by atoms with van der Waals surface area (Å²) in [6, 6.07) is 11.6. The van der Waals surface area contributed by atoms with E-state index in [0.29, 0.717) is 31.2 Å². The van der Waals surface area contributed by atoms with Crippen LogP contribution in [0.25, 0.3) is 0 Å². The maximum absolute atomic E-state index is 13.4. The minimum atomic E-state index is -3.63. The molecule has 0 amide bonds. The predicted octanol–water partition coefficient (Wildman–Crippen LogP) is 3.06. The topological polar surface area (TPSA) is 58.6 Å². The Bertz CT molecular complexity index is 941. The fraction of sp³-hybridized carbons (Fsp3) is 0.455. The number of nitrogens with zero attached hydrogens (tertiary/aromatic N) is 1. The number of aryl methyl sites for hydroxylation is 2. The zero-order valence-electron chi connectivity index (χ0n) is 16.4. The van der Waals surface area contributed by atoms with Crippen LogP contribution in [0.4, 0.5) is 4.39 Å². The molecule has 2 aliphatic rings. The van der Waals surface area contributed by atoms with Gasteiger partial charge in [0.15, 0.2) is 0 Å². The zero-order chi connectivity index (χ0) is 20.3. The average Bonchev–Trinajstić information content (AvgIpc) is 2.75. The van der Waals surface area contributed by atoms with Crippen LogP contribution in [-0.2, 0) is 27.6 Å². The molecule has 0 saturated carbocycles. The monoisotopic (exact) mass is 418 g/mol. The van der Waals surface area contributed by atoms with Gasteiger partial charge in [0.25, 0.3) is 0 Å². The second-order valence-corrected chi connectivity index (χ2v) is 9.47. The van der Waals surface area contributed by atoms with Crippen molar-refractivity contribution in [2.75, 3.05) is 32.8 Å². The van der Waals surface area contributed by atoms with E-state index in [1.807, 2.05) is 12.1 Å². The molecule has 156 valence electrons. The maximum atomic E-state index is 13.4. The van der Waals surface area contributed by atoms with Crippen LogP contribution in [0.2, 0.25) is 0 Å². The molecule has 1 saturated heterocycles. The van der Waals surface area contributed by atoms with Gasteiger partial charge >= 0.3 is 0 Å². The van der Waals surface area contributed by atoms with Gasteiger partial charge in [-0.25, -0.2) is 17.5 Å². The molecule has 0 spiro atoms. The Labute approximate surface area is 171 Å². The fourth-order valence-corrected chi connectivity index (χ4v) is 5.27. The Balaban J connectivity index is 1.53. The molecular weight excluding hydrogens is 391 g/mol. The SMILES string of the molecule is O=S(=O)(NC[C@H](c1ccc(F)cc1)N1CCOCC1)c1ccc2c(c1)CCCC2. The van der Waals surface area contributed by atoms with Crippen molar-refractivity contribution in [3.05, 3.63) is 65.0 Å². The van der Waals surface area contributed by atoms with Crippen molar-refractivity contribution in [2.45, 2.75) is 36.6 Å². The first-order valence-corrected chi connectivity index (χ1v) is 11.7. The number of ether oxygens (including phenoxy) is 1. The van der Waals surface area contributed by atoms with Gasteiger partial charge in [0.2, 0.25) is 10.0 Å². The lowest BCUT2D eigenvalue weighted by atomic mass is 9.92. The molecule has 1 heterocycles. The highest BCUT2D eigenvalue weighted by Gasteiger charge is 2.25. The number of sulfonamides is 1. The highest BCUT2D eigenvalue weighted by atomic mass is 32.2. The molecule has 29 heavy (non-hydrogen) atoms. The molecule has 1 atom stereocenters. The average molecular weight is 419 g/mol. The van der Waals surface area contributed by atoms with E-state index >= 15 is 0 Å². The number of nitrogens with one attached hydrogen (secondary N) is 1. The Morgan fingerprint density at radius 2 is 1.69 bits per heavy atom. The second kappa shape index (κ2) is 8.92. The summed E-state index contributed by atoms with van der Waals surface area (Å²) in [7, 11) is -3.63. The first kappa shape index (κ1) is 20.5. The van der Waals surface area contributed by atoms with Crippen LogP contribution in [-0.4, -0.2) is 46.2 Å². The van der Waals surface area contributed by atoms with Crippen LogP contribution in [0.3, 0.4) is 0 Å².